The molecule has 2 aromatic carbocycles. The number of carbonyl (C=O) groups is 1. The molecule has 0 bridgehead atoms. The average Bonchev–Trinajstić information content (AvgIpc) is 2.78. The first kappa shape index (κ1) is 20.1. The first-order valence-electron chi connectivity index (χ1n) is 10.3. The van der Waals surface area contributed by atoms with Crippen LogP contribution in [0.3, 0.4) is 0 Å². The van der Waals surface area contributed by atoms with Gasteiger partial charge < -0.3 is 14.8 Å². The van der Waals surface area contributed by atoms with Crippen LogP contribution < -0.4 is 15.8 Å². The molecule has 30 heavy (non-hydrogen) atoms. The first-order chi connectivity index (χ1) is 14.6. The highest BCUT2D eigenvalue weighted by Crippen LogP contribution is 2.22. The van der Waals surface area contributed by atoms with Gasteiger partial charge in [0.1, 0.15) is 5.82 Å². The fraction of sp³-hybridized carbons (Fsp3) is 0.348. The molecule has 2 heterocycles. The number of aromatic nitrogens is 2. The second-order valence-corrected chi connectivity index (χ2v) is 7.57. The Morgan fingerprint density at radius 1 is 1.20 bits per heavy atom. The van der Waals surface area contributed by atoms with Crippen LogP contribution in [0.4, 0.5) is 10.2 Å². The third-order valence-corrected chi connectivity index (χ3v) is 5.65. The van der Waals surface area contributed by atoms with Crippen molar-refractivity contribution in [2.45, 2.75) is 32.9 Å². The van der Waals surface area contributed by atoms with E-state index in [-0.39, 0.29) is 29.7 Å². The van der Waals surface area contributed by atoms with Crippen LogP contribution in [0.1, 0.15) is 25.3 Å². The number of amides is 1. The normalized spacial score (nSPS) is 16.6. The molecule has 0 radical (unpaired) electrons. The van der Waals surface area contributed by atoms with Gasteiger partial charge in [0.05, 0.1) is 17.0 Å². The summed E-state index contributed by atoms with van der Waals surface area (Å²) in [5, 5.41) is 2.84. The van der Waals surface area contributed by atoms with E-state index in [1.807, 2.05) is 36.1 Å². The van der Waals surface area contributed by atoms with Crippen molar-refractivity contribution in [2.24, 2.45) is 5.92 Å². The monoisotopic (exact) mass is 408 g/mol. The zero-order chi connectivity index (χ0) is 21.1. The van der Waals surface area contributed by atoms with Crippen LogP contribution in [0.2, 0.25) is 0 Å². The third kappa shape index (κ3) is 3.92. The topological polar surface area (TPSA) is 67.2 Å². The molecule has 1 amide bonds. The number of halogens is 1. The average molecular weight is 408 g/mol. The van der Waals surface area contributed by atoms with Gasteiger partial charge in [-0.2, -0.15) is 0 Å². The van der Waals surface area contributed by atoms with Gasteiger partial charge in [-0.25, -0.2) is 9.37 Å². The number of para-hydroxylation sites is 2. The smallest absolute Gasteiger partial charge is 0.293 e. The van der Waals surface area contributed by atoms with Crippen LogP contribution >= 0.6 is 0 Å². The number of carbonyl (C=O) groups excluding carboxylic acids is 1. The van der Waals surface area contributed by atoms with E-state index in [1.165, 1.54) is 6.07 Å². The second-order valence-electron chi connectivity index (χ2n) is 7.57. The number of anilines is 1. The predicted octanol–water partition coefficient (Wildman–Crippen LogP) is 3.09. The largest absolute Gasteiger partial charge is 0.352 e. The Hall–Kier alpha value is -3.22. The van der Waals surface area contributed by atoms with Crippen molar-refractivity contribution in [1.29, 1.82) is 0 Å². The minimum atomic E-state index is -0.330. The van der Waals surface area contributed by atoms with Crippen molar-refractivity contribution >= 4 is 22.8 Å². The summed E-state index contributed by atoms with van der Waals surface area (Å²) in [5.74, 6) is -0.335. The molecule has 156 valence electrons. The summed E-state index contributed by atoms with van der Waals surface area (Å²) >= 11 is 0. The van der Waals surface area contributed by atoms with Crippen LogP contribution in [0.5, 0.6) is 0 Å². The summed E-state index contributed by atoms with van der Waals surface area (Å²) in [4.78, 5) is 32.3. The Morgan fingerprint density at radius 2 is 1.97 bits per heavy atom. The molecule has 3 aromatic rings. The van der Waals surface area contributed by atoms with E-state index >= 15 is 0 Å². The molecule has 0 saturated carbocycles. The number of rotatable bonds is 5. The van der Waals surface area contributed by atoms with Crippen LogP contribution in [-0.4, -0.2) is 28.5 Å². The van der Waals surface area contributed by atoms with Gasteiger partial charge in [0.25, 0.3) is 5.56 Å². The molecule has 7 heteroatoms. The fourth-order valence-corrected chi connectivity index (χ4v) is 4.05. The van der Waals surface area contributed by atoms with E-state index in [4.69, 9.17) is 0 Å². The van der Waals surface area contributed by atoms with Gasteiger partial charge >= 0.3 is 0 Å². The standard InChI is InChI=1S/C23H25FN4O2/c1-2-28-20-12-6-5-11-19(20)26-21(23(28)30)27-13-7-9-17(15-27)22(29)25-14-16-8-3-4-10-18(16)24/h3-6,8,10-12,17H,2,7,9,13-15H2,1H3,(H,25,29). The van der Waals surface area contributed by atoms with Gasteiger partial charge in [-0.15, -0.1) is 0 Å². The summed E-state index contributed by atoms with van der Waals surface area (Å²) < 4.78 is 15.5. The van der Waals surface area contributed by atoms with Crippen molar-refractivity contribution in [1.82, 2.24) is 14.9 Å². The molecule has 0 spiro atoms. The molecule has 4 rings (SSSR count). The summed E-state index contributed by atoms with van der Waals surface area (Å²) in [5.41, 5.74) is 1.90. The van der Waals surface area contributed by atoms with E-state index in [1.54, 1.807) is 22.8 Å². The van der Waals surface area contributed by atoms with E-state index < -0.39 is 0 Å². The number of hydrogen-bond donors (Lipinski definition) is 1. The lowest BCUT2D eigenvalue weighted by Crippen LogP contribution is -2.45. The Kier molecular flexibility index (Phi) is 5.79. The quantitative estimate of drug-likeness (QED) is 0.705. The summed E-state index contributed by atoms with van der Waals surface area (Å²) in [6, 6.07) is 14.0. The highest BCUT2D eigenvalue weighted by molar-refractivity contribution is 5.80. The summed E-state index contributed by atoms with van der Waals surface area (Å²) in [6.45, 7) is 3.75. The second kappa shape index (κ2) is 8.65. The van der Waals surface area contributed by atoms with Crippen LogP contribution in [0, 0.1) is 11.7 Å². The lowest BCUT2D eigenvalue weighted by molar-refractivity contribution is -0.125. The number of nitrogens with one attached hydrogen (secondary N) is 1. The zero-order valence-electron chi connectivity index (χ0n) is 17.0. The number of hydrogen-bond acceptors (Lipinski definition) is 4. The molecule has 1 saturated heterocycles. The van der Waals surface area contributed by atoms with Crippen LogP contribution in [0.15, 0.2) is 53.3 Å². The predicted molar refractivity (Wildman–Crippen MR) is 115 cm³/mol. The molecule has 1 N–H and O–H groups in total. The molecular formula is C23H25FN4O2. The molecular weight excluding hydrogens is 383 g/mol. The number of piperidine rings is 1. The fourth-order valence-electron chi connectivity index (χ4n) is 4.05. The van der Waals surface area contributed by atoms with Crippen molar-refractivity contribution in [3.63, 3.8) is 0 Å². The zero-order valence-corrected chi connectivity index (χ0v) is 17.0. The van der Waals surface area contributed by atoms with Gasteiger partial charge in [-0.05, 0) is 38.0 Å². The Balaban J connectivity index is 1.53. The maximum atomic E-state index is 13.8. The number of fused-ring (bicyclic) bond motifs is 1. The lowest BCUT2D eigenvalue weighted by atomic mass is 9.97. The molecule has 0 aliphatic carbocycles. The molecule has 1 aliphatic rings. The molecule has 1 aliphatic heterocycles. The lowest BCUT2D eigenvalue weighted by Gasteiger charge is -2.32. The van der Waals surface area contributed by atoms with Crippen molar-refractivity contribution in [3.8, 4) is 0 Å². The Bertz CT molecular complexity index is 1130. The first-order valence-corrected chi connectivity index (χ1v) is 10.3. The van der Waals surface area contributed by atoms with E-state index in [9.17, 15) is 14.0 Å². The Labute approximate surface area is 174 Å². The summed E-state index contributed by atoms with van der Waals surface area (Å²) in [7, 11) is 0. The van der Waals surface area contributed by atoms with Gasteiger partial charge in [0, 0.05) is 31.7 Å². The molecule has 1 fully saturated rings. The van der Waals surface area contributed by atoms with E-state index in [0.29, 0.717) is 31.0 Å². The van der Waals surface area contributed by atoms with Crippen LogP contribution in [0.25, 0.3) is 11.0 Å². The van der Waals surface area contributed by atoms with Gasteiger partial charge in [0.15, 0.2) is 5.82 Å². The highest BCUT2D eigenvalue weighted by Gasteiger charge is 2.28. The molecule has 1 atom stereocenters. The SMILES string of the molecule is CCn1c(=O)c(N2CCCC(C(=O)NCc3ccccc3F)C2)nc2ccccc21. The summed E-state index contributed by atoms with van der Waals surface area (Å²) in [6.07, 6.45) is 1.52. The maximum absolute atomic E-state index is 13.8. The molecule has 1 aromatic heterocycles. The number of benzene rings is 2. The van der Waals surface area contributed by atoms with Crippen molar-refractivity contribution < 1.29 is 9.18 Å². The maximum Gasteiger partial charge on any atom is 0.293 e. The minimum absolute atomic E-state index is 0.125. The van der Waals surface area contributed by atoms with Crippen LogP contribution in [-0.2, 0) is 17.9 Å². The van der Waals surface area contributed by atoms with E-state index in [2.05, 4.69) is 10.3 Å². The number of nitrogens with zero attached hydrogens (tertiary/aromatic N) is 3. The van der Waals surface area contributed by atoms with Gasteiger partial charge in [0.2, 0.25) is 5.91 Å². The van der Waals surface area contributed by atoms with Gasteiger partial charge in [-0.3, -0.25) is 9.59 Å². The molecule has 1 unspecified atom stereocenters. The Morgan fingerprint density at radius 3 is 2.77 bits per heavy atom. The third-order valence-electron chi connectivity index (χ3n) is 5.65. The van der Waals surface area contributed by atoms with Crippen molar-refractivity contribution in [3.05, 3.63) is 70.3 Å². The van der Waals surface area contributed by atoms with Crippen molar-refractivity contribution in [2.75, 3.05) is 18.0 Å². The number of aryl methyl sites for hydroxylation is 1. The van der Waals surface area contributed by atoms with E-state index in [0.717, 1.165) is 23.9 Å². The van der Waals surface area contributed by atoms with Gasteiger partial charge in [-0.1, -0.05) is 30.3 Å². The highest BCUT2D eigenvalue weighted by atomic mass is 19.1. The molecule has 6 nitrogen and oxygen atoms in total. The minimum Gasteiger partial charge on any atom is -0.352 e.